The number of anilines is 1. The average molecular weight is 462 g/mol. The smallest absolute Gasteiger partial charge is 0.274 e. The van der Waals surface area contributed by atoms with Crippen LogP contribution in [0.25, 0.3) is 0 Å². The number of rotatable bonds is 9. The number of aromatic amines is 1. The van der Waals surface area contributed by atoms with Gasteiger partial charge in [0.25, 0.3) is 5.56 Å². The molecule has 0 saturated heterocycles. The number of benzene rings is 1. The summed E-state index contributed by atoms with van der Waals surface area (Å²) in [5, 5.41) is 11.2. The van der Waals surface area contributed by atoms with Crippen molar-refractivity contribution in [3.8, 4) is 5.75 Å². The Bertz CT molecular complexity index is 982. The first-order valence-electron chi connectivity index (χ1n) is 8.65. The average Bonchev–Trinajstić information content (AvgIpc) is 2.71. The fraction of sp³-hybridized carbons (Fsp3) is 0.263. The Hall–Kier alpha value is -2.39. The van der Waals surface area contributed by atoms with Gasteiger partial charge in [-0.1, -0.05) is 12.1 Å². The van der Waals surface area contributed by atoms with Crippen molar-refractivity contribution in [2.45, 2.75) is 12.2 Å². The minimum atomic E-state index is -0.245. The molecule has 0 aliphatic heterocycles. The third-order valence-electron chi connectivity index (χ3n) is 3.88. The van der Waals surface area contributed by atoms with Gasteiger partial charge in [0.2, 0.25) is 5.95 Å². The van der Waals surface area contributed by atoms with Crippen LogP contribution in [0.1, 0.15) is 17.0 Å². The molecule has 7 nitrogen and oxygen atoms in total. The van der Waals surface area contributed by atoms with Crippen LogP contribution in [0.15, 0.2) is 51.9 Å². The van der Waals surface area contributed by atoms with E-state index in [0.717, 1.165) is 33.0 Å². The van der Waals surface area contributed by atoms with Gasteiger partial charge in [0.15, 0.2) is 0 Å². The molecule has 0 amide bonds. The predicted octanol–water partition coefficient (Wildman–Crippen LogP) is 3.27. The first-order chi connectivity index (χ1) is 13.7. The first kappa shape index (κ1) is 20.3. The van der Waals surface area contributed by atoms with Crippen molar-refractivity contribution in [2.75, 3.05) is 24.7 Å². The number of aromatic nitrogens is 4. The van der Waals surface area contributed by atoms with Crippen LogP contribution in [-0.2, 0) is 12.2 Å². The summed E-state index contributed by atoms with van der Waals surface area (Å²) in [5.74, 6) is 2.78. The van der Waals surface area contributed by atoms with E-state index in [1.807, 2.05) is 36.4 Å². The van der Waals surface area contributed by atoms with Crippen LogP contribution in [0, 0.1) is 0 Å². The zero-order valence-electron chi connectivity index (χ0n) is 15.3. The van der Waals surface area contributed by atoms with Crippen LogP contribution in [-0.4, -0.2) is 39.6 Å². The fourth-order valence-corrected chi connectivity index (χ4v) is 3.86. The Kier molecular flexibility index (Phi) is 7.44. The number of hydrogen-bond donors (Lipinski definition) is 2. The number of methoxy groups -OCH3 is 1. The molecular formula is C19H20BrN5O2S. The molecule has 0 unspecified atom stereocenters. The van der Waals surface area contributed by atoms with Crippen LogP contribution >= 0.6 is 27.7 Å². The minimum Gasteiger partial charge on any atom is -0.497 e. The van der Waals surface area contributed by atoms with E-state index in [0.29, 0.717) is 24.6 Å². The molecular weight excluding hydrogens is 442 g/mol. The van der Waals surface area contributed by atoms with Gasteiger partial charge in [0, 0.05) is 35.1 Å². The summed E-state index contributed by atoms with van der Waals surface area (Å²) in [6.45, 7) is 0.662. The largest absolute Gasteiger partial charge is 0.497 e. The van der Waals surface area contributed by atoms with E-state index in [1.54, 1.807) is 25.1 Å². The third kappa shape index (κ3) is 5.80. The van der Waals surface area contributed by atoms with Crippen LogP contribution in [0.2, 0.25) is 0 Å². The van der Waals surface area contributed by atoms with E-state index >= 15 is 0 Å². The monoisotopic (exact) mass is 461 g/mol. The second kappa shape index (κ2) is 10.2. The van der Waals surface area contributed by atoms with Crippen LogP contribution in [0.4, 0.5) is 5.95 Å². The van der Waals surface area contributed by atoms with Crippen LogP contribution < -0.4 is 15.6 Å². The van der Waals surface area contributed by atoms with Gasteiger partial charge >= 0.3 is 0 Å². The lowest BCUT2D eigenvalue weighted by Gasteiger charge is -2.07. The summed E-state index contributed by atoms with van der Waals surface area (Å²) in [4.78, 5) is 19.3. The molecule has 2 N–H and O–H groups in total. The van der Waals surface area contributed by atoms with Crippen molar-refractivity contribution in [3.63, 3.8) is 0 Å². The van der Waals surface area contributed by atoms with E-state index in [1.165, 1.54) is 0 Å². The quantitative estimate of drug-likeness (QED) is 0.472. The molecule has 1 aromatic carbocycles. The second-order valence-corrected chi connectivity index (χ2v) is 7.85. The lowest BCUT2D eigenvalue weighted by molar-refractivity contribution is 0.414. The van der Waals surface area contributed by atoms with E-state index in [4.69, 9.17) is 4.74 Å². The number of thioether (sulfide) groups is 1. The summed E-state index contributed by atoms with van der Waals surface area (Å²) in [6.07, 6.45) is 2.18. The zero-order valence-corrected chi connectivity index (χ0v) is 17.7. The first-order valence-corrected chi connectivity index (χ1v) is 10.6. The van der Waals surface area contributed by atoms with E-state index in [-0.39, 0.29) is 5.56 Å². The van der Waals surface area contributed by atoms with Crippen molar-refractivity contribution >= 4 is 33.6 Å². The van der Waals surface area contributed by atoms with Crippen LogP contribution in [0.3, 0.4) is 0 Å². The summed E-state index contributed by atoms with van der Waals surface area (Å²) < 4.78 is 6.21. The van der Waals surface area contributed by atoms with Crippen LogP contribution in [0.5, 0.6) is 5.75 Å². The fourth-order valence-electron chi connectivity index (χ4n) is 2.47. The molecule has 9 heteroatoms. The molecule has 0 aliphatic carbocycles. The summed E-state index contributed by atoms with van der Waals surface area (Å²) in [7, 11) is 1.61. The lowest BCUT2D eigenvalue weighted by Crippen LogP contribution is -2.20. The second-order valence-electron chi connectivity index (χ2n) is 5.89. The highest BCUT2D eigenvalue weighted by atomic mass is 79.9. The molecule has 0 bridgehead atoms. The van der Waals surface area contributed by atoms with E-state index in [2.05, 4.69) is 41.4 Å². The Morgan fingerprint density at radius 2 is 2.11 bits per heavy atom. The third-order valence-corrected chi connectivity index (χ3v) is 5.58. The van der Waals surface area contributed by atoms with Gasteiger partial charge in [-0.25, -0.2) is 0 Å². The number of H-pyrrole nitrogens is 1. The zero-order chi connectivity index (χ0) is 19.8. The molecule has 3 rings (SSSR count). The molecule has 0 radical (unpaired) electrons. The van der Waals surface area contributed by atoms with Gasteiger partial charge < -0.3 is 10.1 Å². The standard InChI is InChI=1S/C19H20BrN5O2S/c1-27-14-5-2-4-13(10-14)11-16-18(26)23-19(25-24-16)22-8-9-28-12-17-15(20)6-3-7-21-17/h2-7,10H,8-9,11-12H2,1H3,(H2,22,23,25,26). The normalized spacial score (nSPS) is 10.6. The highest BCUT2D eigenvalue weighted by Gasteiger charge is 2.07. The molecule has 0 spiro atoms. The Labute approximate surface area is 175 Å². The SMILES string of the molecule is COc1cccc(Cc2nnc(NCCSCc3ncccc3Br)[nH]c2=O)c1. The molecule has 0 saturated carbocycles. The number of halogens is 1. The molecule has 3 aromatic rings. The molecule has 2 heterocycles. The maximum absolute atomic E-state index is 12.3. The molecule has 0 atom stereocenters. The highest BCUT2D eigenvalue weighted by Crippen LogP contribution is 2.19. The van der Waals surface area contributed by atoms with Gasteiger partial charge in [0.05, 0.1) is 12.8 Å². The predicted molar refractivity (Wildman–Crippen MR) is 115 cm³/mol. The molecule has 146 valence electrons. The minimum absolute atomic E-state index is 0.245. The summed E-state index contributed by atoms with van der Waals surface area (Å²) >= 11 is 5.24. The number of pyridine rings is 1. The van der Waals surface area contributed by atoms with Crippen molar-refractivity contribution in [2.24, 2.45) is 0 Å². The van der Waals surface area contributed by atoms with Crippen molar-refractivity contribution in [3.05, 3.63) is 74.4 Å². The number of nitrogens with one attached hydrogen (secondary N) is 2. The van der Waals surface area contributed by atoms with E-state index < -0.39 is 0 Å². The number of ether oxygens (including phenoxy) is 1. The Morgan fingerprint density at radius 3 is 2.89 bits per heavy atom. The molecule has 0 aliphatic rings. The summed E-state index contributed by atoms with van der Waals surface area (Å²) in [5.41, 5.74) is 2.08. The van der Waals surface area contributed by atoms with Gasteiger partial charge in [-0.15, -0.1) is 10.2 Å². The van der Waals surface area contributed by atoms with Gasteiger partial charge in [0.1, 0.15) is 11.4 Å². The highest BCUT2D eigenvalue weighted by molar-refractivity contribution is 9.10. The topological polar surface area (TPSA) is 92.8 Å². The lowest BCUT2D eigenvalue weighted by atomic mass is 10.1. The molecule has 0 fully saturated rings. The number of hydrogen-bond acceptors (Lipinski definition) is 7. The molecule has 2 aromatic heterocycles. The maximum atomic E-state index is 12.3. The van der Waals surface area contributed by atoms with Gasteiger partial charge in [-0.3, -0.25) is 14.8 Å². The Balaban J connectivity index is 1.48. The maximum Gasteiger partial charge on any atom is 0.274 e. The van der Waals surface area contributed by atoms with Crippen molar-refractivity contribution in [1.82, 2.24) is 20.2 Å². The van der Waals surface area contributed by atoms with Gasteiger partial charge in [-0.05, 0) is 45.8 Å². The molecule has 28 heavy (non-hydrogen) atoms. The number of nitrogens with zero attached hydrogens (tertiary/aromatic N) is 3. The summed E-state index contributed by atoms with van der Waals surface area (Å²) in [6, 6.07) is 11.4. The van der Waals surface area contributed by atoms with Gasteiger partial charge in [-0.2, -0.15) is 11.8 Å². The van der Waals surface area contributed by atoms with Crippen molar-refractivity contribution < 1.29 is 4.74 Å². The van der Waals surface area contributed by atoms with Crippen molar-refractivity contribution in [1.29, 1.82) is 0 Å². The van der Waals surface area contributed by atoms with E-state index in [9.17, 15) is 4.79 Å². The Morgan fingerprint density at radius 1 is 1.21 bits per heavy atom.